The largest absolute Gasteiger partial charge is 0.508 e. The van der Waals surface area contributed by atoms with Gasteiger partial charge in [0.2, 0.25) is 0 Å². The van der Waals surface area contributed by atoms with E-state index < -0.39 is 0 Å². The van der Waals surface area contributed by atoms with Gasteiger partial charge in [-0.25, -0.2) is 4.68 Å². The quantitative estimate of drug-likeness (QED) is 0.359. The van der Waals surface area contributed by atoms with Gasteiger partial charge in [-0.15, -0.1) is 5.10 Å². The summed E-state index contributed by atoms with van der Waals surface area (Å²) in [5, 5.41) is 19.2. The van der Waals surface area contributed by atoms with Crippen molar-refractivity contribution in [2.75, 3.05) is 0 Å². The number of phenolic OH excluding ortho intramolecular Hbond substituents is 1. The van der Waals surface area contributed by atoms with Gasteiger partial charge in [-0.1, -0.05) is 53.7 Å². The highest BCUT2D eigenvalue weighted by Crippen LogP contribution is 2.28. The number of nitrogens with one attached hydrogen (secondary N) is 1. The number of nitrogens with zero attached hydrogens (tertiary/aromatic N) is 3. The monoisotopic (exact) mass is 436 g/mol. The molecule has 5 aromatic rings. The lowest BCUT2D eigenvalue weighted by atomic mass is 9.90. The fraction of sp³-hybridized carbons (Fsp3) is 0.148. The van der Waals surface area contributed by atoms with E-state index in [-0.39, 0.29) is 17.5 Å². The number of aromatic nitrogens is 4. The van der Waals surface area contributed by atoms with E-state index in [4.69, 9.17) is 0 Å². The Morgan fingerprint density at radius 3 is 2.55 bits per heavy atom. The third kappa shape index (κ3) is 4.55. The summed E-state index contributed by atoms with van der Waals surface area (Å²) in [5.74, 6) is 0.241. The van der Waals surface area contributed by atoms with Gasteiger partial charge < -0.3 is 10.1 Å². The van der Waals surface area contributed by atoms with E-state index >= 15 is 0 Å². The second-order valence-electron chi connectivity index (χ2n) is 8.26. The zero-order valence-corrected chi connectivity index (χ0v) is 18.1. The van der Waals surface area contributed by atoms with Crippen LogP contribution in [0.3, 0.4) is 0 Å². The van der Waals surface area contributed by atoms with Crippen LogP contribution in [0.25, 0.3) is 16.6 Å². The van der Waals surface area contributed by atoms with Crippen molar-refractivity contribution in [3.05, 3.63) is 108 Å². The van der Waals surface area contributed by atoms with Crippen molar-refractivity contribution in [3.8, 4) is 11.4 Å². The van der Waals surface area contributed by atoms with Crippen LogP contribution in [0.1, 0.15) is 29.2 Å². The van der Waals surface area contributed by atoms with Gasteiger partial charge in [0.25, 0.3) is 0 Å². The topological polar surface area (TPSA) is 83.8 Å². The molecule has 0 aliphatic carbocycles. The average Bonchev–Trinajstić information content (AvgIpc) is 3.47. The van der Waals surface area contributed by atoms with Crippen LogP contribution >= 0.6 is 0 Å². The molecule has 0 saturated carbocycles. The van der Waals surface area contributed by atoms with Gasteiger partial charge in [-0.2, -0.15) is 0 Å². The Labute approximate surface area is 191 Å². The zero-order chi connectivity index (χ0) is 22.6. The van der Waals surface area contributed by atoms with Gasteiger partial charge >= 0.3 is 0 Å². The summed E-state index contributed by atoms with van der Waals surface area (Å²) in [6.45, 7) is 0. The third-order valence-electron chi connectivity index (χ3n) is 5.93. The second-order valence-corrected chi connectivity index (χ2v) is 8.26. The number of fused-ring (bicyclic) bond motifs is 1. The Kier molecular flexibility index (Phi) is 5.72. The van der Waals surface area contributed by atoms with Crippen LogP contribution in [-0.4, -0.2) is 30.9 Å². The van der Waals surface area contributed by atoms with E-state index in [1.807, 2.05) is 65.5 Å². The number of hydrogen-bond acceptors (Lipinski definition) is 4. The number of carbonyl (C=O) groups is 1. The molecular formula is C27H24N4O2. The summed E-state index contributed by atoms with van der Waals surface area (Å²) >= 11 is 0. The van der Waals surface area contributed by atoms with E-state index in [2.05, 4.69) is 27.4 Å². The molecule has 0 amide bonds. The van der Waals surface area contributed by atoms with Crippen LogP contribution < -0.4 is 0 Å². The van der Waals surface area contributed by atoms with Crippen molar-refractivity contribution in [3.63, 3.8) is 0 Å². The van der Waals surface area contributed by atoms with Crippen molar-refractivity contribution in [2.24, 2.45) is 0 Å². The van der Waals surface area contributed by atoms with Crippen molar-refractivity contribution >= 4 is 16.7 Å². The van der Waals surface area contributed by atoms with Crippen LogP contribution in [-0.2, 0) is 17.6 Å². The van der Waals surface area contributed by atoms with Crippen molar-refractivity contribution in [1.29, 1.82) is 0 Å². The average molecular weight is 437 g/mol. The molecule has 1 atom stereocenters. The van der Waals surface area contributed by atoms with Crippen molar-refractivity contribution < 1.29 is 9.90 Å². The van der Waals surface area contributed by atoms with E-state index in [1.54, 1.807) is 18.3 Å². The predicted octanol–water partition coefficient (Wildman–Crippen LogP) is 4.98. The number of Topliss-reactive ketones (excluding diaryl/α,β-unsaturated/α-hetero) is 1. The molecule has 1 unspecified atom stereocenters. The maximum atomic E-state index is 13.3. The van der Waals surface area contributed by atoms with Crippen LogP contribution in [0, 0.1) is 0 Å². The molecule has 0 radical (unpaired) electrons. The molecule has 164 valence electrons. The molecule has 0 fully saturated rings. The number of hydrogen-bond donors (Lipinski definition) is 2. The summed E-state index contributed by atoms with van der Waals surface area (Å²) in [6, 6.07) is 25.2. The molecule has 2 heterocycles. The first-order valence-electron chi connectivity index (χ1n) is 11.0. The van der Waals surface area contributed by atoms with Crippen LogP contribution in [0.4, 0.5) is 0 Å². The lowest BCUT2D eigenvalue weighted by molar-refractivity contribution is -0.118. The number of rotatable bonds is 8. The van der Waals surface area contributed by atoms with E-state index in [9.17, 15) is 9.90 Å². The predicted molar refractivity (Wildman–Crippen MR) is 128 cm³/mol. The van der Waals surface area contributed by atoms with Crippen LogP contribution in [0.15, 0.2) is 91.3 Å². The SMILES string of the molecule is O=C(Cc1c[nH]c2ccc(O)cc12)CC(Cc1ccccc1)c1cnnn1-c1ccccc1. The number of ketones is 1. The summed E-state index contributed by atoms with van der Waals surface area (Å²) in [7, 11) is 0. The number of H-pyrrole nitrogens is 1. The fourth-order valence-electron chi connectivity index (χ4n) is 4.34. The van der Waals surface area contributed by atoms with Crippen LogP contribution in [0.2, 0.25) is 0 Å². The summed E-state index contributed by atoms with van der Waals surface area (Å²) in [4.78, 5) is 16.4. The smallest absolute Gasteiger partial charge is 0.138 e. The van der Waals surface area contributed by atoms with E-state index in [0.29, 0.717) is 19.3 Å². The first kappa shape index (κ1) is 20.7. The Morgan fingerprint density at radius 2 is 1.76 bits per heavy atom. The lowest BCUT2D eigenvalue weighted by Gasteiger charge is -2.18. The summed E-state index contributed by atoms with van der Waals surface area (Å²) in [6.07, 6.45) is 4.98. The number of phenols is 1. The zero-order valence-electron chi connectivity index (χ0n) is 18.1. The molecule has 5 rings (SSSR count). The molecule has 33 heavy (non-hydrogen) atoms. The molecule has 3 aromatic carbocycles. The third-order valence-corrected chi connectivity index (χ3v) is 5.93. The van der Waals surface area contributed by atoms with Crippen molar-refractivity contribution in [2.45, 2.75) is 25.2 Å². The molecule has 0 bridgehead atoms. The molecule has 2 aromatic heterocycles. The van der Waals surface area contributed by atoms with Gasteiger partial charge in [0.05, 0.1) is 17.6 Å². The fourth-order valence-corrected chi connectivity index (χ4v) is 4.34. The Balaban J connectivity index is 1.43. The van der Waals surface area contributed by atoms with E-state index in [0.717, 1.165) is 33.4 Å². The molecule has 0 aliphatic rings. The maximum absolute atomic E-state index is 13.3. The van der Waals surface area contributed by atoms with Gasteiger partial charge in [0, 0.05) is 35.9 Å². The minimum absolute atomic E-state index is 0.0753. The number of benzene rings is 3. The highest BCUT2D eigenvalue weighted by atomic mass is 16.3. The lowest BCUT2D eigenvalue weighted by Crippen LogP contribution is -2.15. The summed E-state index contributed by atoms with van der Waals surface area (Å²) < 4.78 is 1.82. The van der Waals surface area contributed by atoms with Gasteiger partial charge in [0.1, 0.15) is 11.5 Å². The minimum atomic E-state index is -0.0753. The molecule has 2 N–H and O–H groups in total. The van der Waals surface area contributed by atoms with E-state index in [1.165, 1.54) is 0 Å². The molecule has 0 aliphatic heterocycles. The van der Waals surface area contributed by atoms with Crippen LogP contribution in [0.5, 0.6) is 5.75 Å². The second kappa shape index (κ2) is 9.12. The highest BCUT2D eigenvalue weighted by molar-refractivity contribution is 5.90. The summed E-state index contributed by atoms with van der Waals surface area (Å²) in [5.41, 5.74) is 4.78. The first-order valence-corrected chi connectivity index (χ1v) is 11.0. The first-order chi connectivity index (χ1) is 16.2. The van der Waals surface area contributed by atoms with Gasteiger partial charge in [-0.3, -0.25) is 4.79 Å². The Hall–Kier alpha value is -4.19. The number of carbonyl (C=O) groups excluding carboxylic acids is 1. The number of aromatic hydroxyl groups is 1. The number of aromatic amines is 1. The molecule has 0 saturated heterocycles. The maximum Gasteiger partial charge on any atom is 0.138 e. The molecular weight excluding hydrogens is 412 g/mol. The van der Waals surface area contributed by atoms with Gasteiger partial charge in [0.15, 0.2) is 0 Å². The minimum Gasteiger partial charge on any atom is -0.508 e. The normalized spacial score (nSPS) is 12.1. The molecule has 0 spiro atoms. The Morgan fingerprint density at radius 1 is 1.00 bits per heavy atom. The highest BCUT2D eigenvalue weighted by Gasteiger charge is 2.23. The number of para-hydroxylation sites is 1. The van der Waals surface area contributed by atoms with Crippen molar-refractivity contribution in [1.82, 2.24) is 20.0 Å². The standard InChI is InChI=1S/C27H24N4O2/c32-23-11-12-26-25(16-23)21(17-28-26)15-24(33)14-20(13-19-7-3-1-4-8-19)27-18-29-30-31(27)22-9-5-2-6-10-22/h1-12,16-18,20,28,32H,13-15H2. The molecule has 6 heteroatoms. The molecule has 6 nitrogen and oxygen atoms in total. The Bertz CT molecular complexity index is 1370. The van der Waals surface area contributed by atoms with Gasteiger partial charge in [-0.05, 0) is 47.9 Å².